The van der Waals surface area contributed by atoms with Crippen molar-refractivity contribution in [3.8, 4) is 5.75 Å². The normalized spacial score (nSPS) is 17.9. The van der Waals surface area contributed by atoms with Crippen LogP contribution in [0.25, 0.3) is 0 Å². The van der Waals surface area contributed by atoms with E-state index in [4.69, 9.17) is 4.74 Å². The second-order valence-corrected chi connectivity index (χ2v) is 6.83. The Labute approximate surface area is 117 Å². The first-order valence-electron chi connectivity index (χ1n) is 7.26. The van der Waals surface area contributed by atoms with Crippen molar-refractivity contribution in [1.29, 1.82) is 0 Å². The summed E-state index contributed by atoms with van der Waals surface area (Å²) in [6.07, 6.45) is 3.94. The van der Waals surface area contributed by atoms with E-state index in [1.807, 2.05) is 7.05 Å². The standard InChI is InChI=1S/C17H27NO/c1-16(2,3)14-11-13(7-8-15(14)19-5)17(12-18-4)9-6-10-17/h7-8,11,18H,6,9-10,12H2,1-5H3. The van der Waals surface area contributed by atoms with Gasteiger partial charge in [-0.3, -0.25) is 0 Å². The summed E-state index contributed by atoms with van der Waals surface area (Å²) < 4.78 is 5.54. The molecule has 0 bridgehead atoms. The Kier molecular flexibility index (Phi) is 3.91. The van der Waals surface area contributed by atoms with Gasteiger partial charge in [-0.15, -0.1) is 0 Å². The van der Waals surface area contributed by atoms with Gasteiger partial charge in [0.25, 0.3) is 0 Å². The molecule has 1 aliphatic carbocycles. The highest BCUT2D eigenvalue weighted by molar-refractivity contribution is 5.44. The number of likely N-dealkylation sites (N-methyl/N-ethyl adjacent to an activating group) is 1. The molecule has 19 heavy (non-hydrogen) atoms. The van der Waals surface area contributed by atoms with E-state index < -0.39 is 0 Å². The Bertz CT molecular complexity index is 441. The number of methoxy groups -OCH3 is 1. The SMILES string of the molecule is CNCC1(c2ccc(OC)c(C(C)(C)C)c2)CCC1. The lowest BCUT2D eigenvalue weighted by Crippen LogP contribution is -2.42. The minimum Gasteiger partial charge on any atom is -0.496 e. The maximum absolute atomic E-state index is 5.54. The summed E-state index contributed by atoms with van der Waals surface area (Å²) in [5, 5.41) is 3.36. The monoisotopic (exact) mass is 261 g/mol. The van der Waals surface area contributed by atoms with Crippen molar-refractivity contribution in [2.45, 2.75) is 50.9 Å². The Morgan fingerprint density at radius 3 is 2.37 bits per heavy atom. The summed E-state index contributed by atoms with van der Waals surface area (Å²) in [4.78, 5) is 0. The molecule has 2 nitrogen and oxygen atoms in total. The number of hydrogen-bond donors (Lipinski definition) is 1. The van der Waals surface area contributed by atoms with E-state index in [1.165, 1.54) is 30.4 Å². The Hall–Kier alpha value is -1.02. The second-order valence-electron chi connectivity index (χ2n) is 6.83. The lowest BCUT2D eigenvalue weighted by molar-refractivity contribution is 0.238. The molecule has 0 saturated heterocycles. The number of rotatable bonds is 4. The summed E-state index contributed by atoms with van der Waals surface area (Å²) >= 11 is 0. The average Bonchev–Trinajstić information content (AvgIpc) is 2.32. The third-order valence-corrected chi connectivity index (χ3v) is 4.45. The molecule has 106 valence electrons. The lowest BCUT2D eigenvalue weighted by atomic mass is 9.63. The molecular weight excluding hydrogens is 234 g/mol. The van der Waals surface area contributed by atoms with Crippen LogP contribution in [0.15, 0.2) is 18.2 Å². The van der Waals surface area contributed by atoms with Crippen LogP contribution in [-0.4, -0.2) is 20.7 Å². The van der Waals surface area contributed by atoms with E-state index in [0.29, 0.717) is 5.41 Å². The van der Waals surface area contributed by atoms with Gasteiger partial charge in [0.15, 0.2) is 0 Å². The van der Waals surface area contributed by atoms with Gasteiger partial charge in [0, 0.05) is 12.0 Å². The zero-order valence-electron chi connectivity index (χ0n) is 13.0. The number of benzene rings is 1. The van der Waals surface area contributed by atoms with Crippen molar-refractivity contribution in [3.63, 3.8) is 0 Å². The van der Waals surface area contributed by atoms with Crippen LogP contribution in [0.4, 0.5) is 0 Å². The van der Waals surface area contributed by atoms with Crippen LogP contribution >= 0.6 is 0 Å². The van der Waals surface area contributed by atoms with E-state index in [0.717, 1.165) is 12.3 Å². The fraction of sp³-hybridized carbons (Fsp3) is 0.647. The van der Waals surface area contributed by atoms with Gasteiger partial charge in [0.1, 0.15) is 5.75 Å². The summed E-state index contributed by atoms with van der Waals surface area (Å²) in [6.45, 7) is 7.82. The molecule has 2 heteroatoms. The molecule has 1 aromatic carbocycles. The maximum Gasteiger partial charge on any atom is 0.122 e. The largest absolute Gasteiger partial charge is 0.496 e. The number of nitrogens with one attached hydrogen (secondary N) is 1. The van der Waals surface area contributed by atoms with Gasteiger partial charge in [-0.1, -0.05) is 39.3 Å². The van der Waals surface area contributed by atoms with Crippen molar-refractivity contribution < 1.29 is 4.74 Å². The van der Waals surface area contributed by atoms with Crippen molar-refractivity contribution in [1.82, 2.24) is 5.32 Å². The number of hydrogen-bond acceptors (Lipinski definition) is 2. The summed E-state index contributed by atoms with van der Waals surface area (Å²) in [7, 11) is 3.81. The Balaban J connectivity index is 2.43. The molecule has 0 unspecified atom stereocenters. The van der Waals surface area contributed by atoms with Crippen LogP contribution in [0.1, 0.15) is 51.2 Å². The van der Waals surface area contributed by atoms with Gasteiger partial charge in [-0.25, -0.2) is 0 Å². The molecule has 0 aromatic heterocycles. The summed E-state index contributed by atoms with van der Waals surface area (Å²) in [6, 6.07) is 6.77. The fourth-order valence-electron chi connectivity index (χ4n) is 3.13. The first-order chi connectivity index (χ1) is 8.93. The van der Waals surface area contributed by atoms with Gasteiger partial charge in [0.2, 0.25) is 0 Å². The molecule has 1 N–H and O–H groups in total. The van der Waals surface area contributed by atoms with Crippen LogP contribution < -0.4 is 10.1 Å². The van der Waals surface area contributed by atoms with Crippen LogP contribution in [0.5, 0.6) is 5.75 Å². The maximum atomic E-state index is 5.54. The van der Waals surface area contributed by atoms with E-state index in [1.54, 1.807) is 7.11 Å². The van der Waals surface area contributed by atoms with Crippen molar-refractivity contribution in [2.75, 3.05) is 20.7 Å². The third-order valence-electron chi connectivity index (χ3n) is 4.45. The van der Waals surface area contributed by atoms with Crippen LogP contribution in [0.2, 0.25) is 0 Å². The van der Waals surface area contributed by atoms with Crippen molar-refractivity contribution in [2.24, 2.45) is 0 Å². The predicted molar refractivity (Wildman–Crippen MR) is 81.1 cm³/mol. The first kappa shape index (κ1) is 14.4. The average molecular weight is 261 g/mol. The van der Waals surface area contributed by atoms with Gasteiger partial charge in [0.05, 0.1) is 7.11 Å². The molecule has 0 heterocycles. The molecule has 1 fully saturated rings. The minimum atomic E-state index is 0.117. The van der Waals surface area contributed by atoms with Gasteiger partial charge in [-0.2, -0.15) is 0 Å². The molecule has 0 spiro atoms. The molecule has 0 aliphatic heterocycles. The van der Waals surface area contributed by atoms with Gasteiger partial charge >= 0.3 is 0 Å². The van der Waals surface area contributed by atoms with E-state index >= 15 is 0 Å². The lowest BCUT2D eigenvalue weighted by Gasteiger charge is -2.43. The smallest absolute Gasteiger partial charge is 0.122 e. The van der Waals surface area contributed by atoms with Crippen LogP contribution in [0, 0.1) is 0 Å². The second kappa shape index (κ2) is 5.16. The third kappa shape index (κ3) is 2.64. The van der Waals surface area contributed by atoms with E-state index in [-0.39, 0.29) is 5.41 Å². The fourth-order valence-corrected chi connectivity index (χ4v) is 3.13. The predicted octanol–water partition coefficient (Wildman–Crippen LogP) is 3.63. The van der Waals surface area contributed by atoms with Crippen molar-refractivity contribution in [3.05, 3.63) is 29.3 Å². The zero-order chi connectivity index (χ0) is 14.1. The molecule has 2 rings (SSSR count). The molecule has 1 saturated carbocycles. The van der Waals surface area contributed by atoms with E-state index in [2.05, 4.69) is 44.3 Å². The summed E-state index contributed by atoms with van der Waals surface area (Å²) in [5.74, 6) is 1.01. The molecule has 0 atom stereocenters. The number of ether oxygens (including phenoxy) is 1. The molecule has 1 aliphatic rings. The highest BCUT2D eigenvalue weighted by atomic mass is 16.5. The molecule has 0 amide bonds. The highest BCUT2D eigenvalue weighted by Crippen LogP contribution is 2.45. The quantitative estimate of drug-likeness (QED) is 0.893. The molecule has 1 aromatic rings. The Morgan fingerprint density at radius 2 is 1.95 bits per heavy atom. The van der Waals surface area contributed by atoms with Crippen LogP contribution in [-0.2, 0) is 10.8 Å². The first-order valence-corrected chi connectivity index (χ1v) is 7.26. The van der Waals surface area contributed by atoms with Gasteiger partial charge in [-0.05, 0) is 42.5 Å². The van der Waals surface area contributed by atoms with Gasteiger partial charge < -0.3 is 10.1 Å². The van der Waals surface area contributed by atoms with E-state index in [9.17, 15) is 0 Å². The highest BCUT2D eigenvalue weighted by Gasteiger charge is 2.38. The minimum absolute atomic E-state index is 0.117. The van der Waals surface area contributed by atoms with Crippen LogP contribution in [0.3, 0.4) is 0 Å². The summed E-state index contributed by atoms with van der Waals surface area (Å²) in [5.41, 5.74) is 3.25. The zero-order valence-corrected chi connectivity index (χ0v) is 13.0. The topological polar surface area (TPSA) is 21.3 Å². The van der Waals surface area contributed by atoms with Crippen molar-refractivity contribution >= 4 is 0 Å². The molecular formula is C17H27NO. The molecule has 0 radical (unpaired) electrons. The Morgan fingerprint density at radius 1 is 1.26 bits per heavy atom.